The van der Waals surface area contributed by atoms with E-state index in [2.05, 4.69) is 10.2 Å². The molecule has 0 aliphatic heterocycles. The third kappa shape index (κ3) is 4.94. The van der Waals surface area contributed by atoms with Crippen LogP contribution >= 0.6 is 0 Å². The summed E-state index contributed by atoms with van der Waals surface area (Å²) in [6.45, 7) is 3.73. The summed E-state index contributed by atoms with van der Waals surface area (Å²) in [5, 5.41) is 8.03. The number of ether oxygens (including phenoxy) is 2. The molecule has 3 rings (SSSR count). The number of esters is 1. The second-order valence-electron chi connectivity index (χ2n) is 6.29. The van der Waals surface area contributed by atoms with E-state index in [1.807, 2.05) is 55.5 Å². The number of nitrogens with zero attached hydrogens (tertiary/aromatic N) is 2. The quantitative estimate of drug-likeness (QED) is 0.581. The lowest BCUT2D eigenvalue weighted by molar-refractivity contribution is -0.149. The van der Waals surface area contributed by atoms with Gasteiger partial charge in [-0.3, -0.25) is 4.79 Å². The van der Waals surface area contributed by atoms with Crippen molar-refractivity contribution in [3.63, 3.8) is 0 Å². The minimum atomic E-state index is -0.597. The molecule has 6 nitrogen and oxygen atoms in total. The zero-order chi connectivity index (χ0) is 19.2. The molecule has 0 aliphatic rings. The van der Waals surface area contributed by atoms with Gasteiger partial charge in [0.25, 0.3) is 5.89 Å². The molecule has 1 aromatic heterocycles. The first-order chi connectivity index (χ1) is 13.0. The van der Waals surface area contributed by atoms with Crippen molar-refractivity contribution < 1.29 is 18.7 Å². The zero-order valence-electron chi connectivity index (χ0n) is 15.6. The molecule has 140 valence electrons. The van der Waals surface area contributed by atoms with E-state index in [0.717, 1.165) is 22.4 Å². The number of methoxy groups -OCH3 is 1. The van der Waals surface area contributed by atoms with Gasteiger partial charge in [-0.2, -0.15) is 0 Å². The van der Waals surface area contributed by atoms with E-state index in [4.69, 9.17) is 13.9 Å². The summed E-state index contributed by atoms with van der Waals surface area (Å²) in [4.78, 5) is 12.1. The fraction of sp³-hybridized carbons (Fsp3) is 0.286. The Morgan fingerprint density at radius 1 is 1.07 bits per heavy atom. The Bertz CT molecular complexity index is 885. The molecule has 0 amide bonds. The van der Waals surface area contributed by atoms with Crippen molar-refractivity contribution in [2.45, 2.75) is 32.8 Å². The van der Waals surface area contributed by atoms with Crippen molar-refractivity contribution in [2.24, 2.45) is 0 Å². The standard InChI is InChI=1S/C21H22N2O4/c1-14-4-9-17(10-5-14)21-23-22-20(27-21)15(2)26-19(24)13-8-16-6-11-18(25-3)12-7-16/h4-7,9-12,15H,8,13H2,1-3H3/t15-/m0/s1. The van der Waals surface area contributed by atoms with Gasteiger partial charge in [0.1, 0.15) is 5.75 Å². The van der Waals surface area contributed by atoms with Gasteiger partial charge >= 0.3 is 5.97 Å². The normalized spacial score (nSPS) is 11.8. The van der Waals surface area contributed by atoms with Crippen LogP contribution in [0.5, 0.6) is 5.75 Å². The van der Waals surface area contributed by atoms with Gasteiger partial charge in [-0.05, 0) is 50.1 Å². The number of rotatable bonds is 7. The molecule has 0 spiro atoms. The highest BCUT2D eigenvalue weighted by Gasteiger charge is 2.19. The highest BCUT2D eigenvalue weighted by atomic mass is 16.6. The number of carbonyl (C=O) groups is 1. The minimum absolute atomic E-state index is 0.273. The lowest BCUT2D eigenvalue weighted by Gasteiger charge is -2.09. The highest BCUT2D eigenvalue weighted by Crippen LogP contribution is 2.23. The van der Waals surface area contributed by atoms with E-state index >= 15 is 0 Å². The van der Waals surface area contributed by atoms with Gasteiger partial charge < -0.3 is 13.9 Å². The SMILES string of the molecule is COc1ccc(CCC(=O)O[C@@H](C)c2nnc(-c3ccc(C)cc3)o2)cc1. The fourth-order valence-electron chi connectivity index (χ4n) is 2.56. The number of hydrogen-bond acceptors (Lipinski definition) is 6. The van der Waals surface area contributed by atoms with E-state index in [9.17, 15) is 4.79 Å². The Hall–Kier alpha value is -3.15. The van der Waals surface area contributed by atoms with E-state index in [1.165, 1.54) is 0 Å². The first-order valence-corrected chi connectivity index (χ1v) is 8.78. The summed E-state index contributed by atoms with van der Waals surface area (Å²) in [7, 11) is 1.62. The Labute approximate surface area is 158 Å². The fourth-order valence-corrected chi connectivity index (χ4v) is 2.56. The van der Waals surface area contributed by atoms with Crippen molar-refractivity contribution in [1.82, 2.24) is 10.2 Å². The van der Waals surface area contributed by atoms with Gasteiger partial charge in [-0.1, -0.05) is 29.8 Å². The van der Waals surface area contributed by atoms with Crippen molar-refractivity contribution in [1.29, 1.82) is 0 Å². The number of benzene rings is 2. The number of aromatic nitrogens is 2. The van der Waals surface area contributed by atoms with Crippen LogP contribution in [0.2, 0.25) is 0 Å². The van der Waals surface area contributed by atoms with Crippen LogP contribution in [0.4, 0.5) is 0 Å². The Balaban J connectivity index is 1.54. The lowest BCUT2D eigenvalue weighted by Crippen LogP contribution is -2.10. The minimum Gasteiger partial charge on any atom is -0.497 e. The van der Waals surface area contributed by atoms with Crippen LogP contribution < -0.4 is 4.74 Å². The molecule has 0 unspecified atom stereocenters. The summed E-state index contributed by atoms with van der Waals surface area (Å²) in [6, 6.07) is 15.4. The number of carbonyl (C=O) groups excluding carboxylic acids is 1. The topological polar surface area (TPSA) is 74.5 Å². The third-order valence-electron chi connectivity index (χ3n) is 4.17. The highest BCUT2D eigenvalue weighted by molar-refractivity contribution is 5.70. The van der Waals surface area contributed by atoms with Crippen LogP contribution in [0, 0.1) is 6.92 Å². The molecule has 2 aromatic carbocycles. The first-order valence-electron chi connectivity index (χ1n) is 8.78. The largest absolute Gasteiger partial charge is 0.497 e. The molecular formula is C21H22N2O4. The Morgan fingerprint density at radius 3 is 2.44 bits per heavy atom. The van der Waals surface area contributed by atoms with Crippen molar-refractivity contribution >= 4 is 5.97 Å². The smallest absolute Gasteiger partial charge is 0.306 e. The maximum atomic E-state index is 12.1. The predicted molar refractivity (Wildman–Crippen MR) is 100 cm³/mol. The molecule has 0 aliphatic carbocycles. The maximum Gasteiger partial charge on any atom is 0.306 e. The number of aryl methyl sites for hydroxylation is 2. The molecular weight excluding hydrogens is 344 g/mol. The first kappa shape index (κ1) is 18.6. The summed E-state index contributed by atoms with van der Waals surface area (Å²) >= 11 is 0. The summed E-state index contributed by atoms with van der Waals surface area (Å²) < 4.78 is 16.2. The van der Waals surface area contributed by atoms with Crippen LogP contribution in [-0.4, -0.2) is 23.3 Å². The molecule has 0 bridgehead atoms. The van der Waals surface area contributed by atoms with Gasteiger partial charge in [-0.25, -0.2) is 0 Å². The summed E-state index contributed by atoms with van der Waals surface area (Å²) in [5.41, 5.74) is 3.02. The van der Waals surface area contributed by atoms with Gasteiger partial charge in [0.15, 0.2) is 6.10 Å². The van der Waals surface area contributed by atoms with Crippen LogP contribution in [0.15, 0.2) is 52.9 Å². The Kier molecular flexibility index (Phi) is 5.86. The third-order valence-corrected chi connectivity index (χ3v) is 4.17. The van der Waals surface area contributed by atoms with Crippen LogP contribution in [0.1, 0.15) is 36.5 Å². The Morgan fingerprint density at radius 2 is 1.78 bits per heavy atom. The average molecular weight is 366 g/mol. The molecule has 0 saturated heterocycles. The van der Waals surface area contributed by atoms with Crippen LogP contribution in [-0.2, 0) is 16.0 Å². The van der Waals surface area contributed by atoms with Crippen LogP contribution in [0.3, 0.4) is 0 Å². The lowest BCUT2D eigenvalue weighted by atomic mass is 10.1. The molecule has 0 saturated carbocycles. The molecule has 0 radical (unpaired) electrons. The zero-order valence-corrected chi connectivity index (χ0v) is 15.6. The van der Waals surface area contributed by atoms with E-state index in [1.54, 1.807) is 14.0 Å². The van der Waals surface area contributed by atoms with Crippen molar-refractivity contribution in [2.75, 3.05) is 7.11 Å². The van der Waals surface area contributed by atoms with Crippen molar-refractivity contribution in [3.05, 3.63) is 65.5 Å². The second-order valence-corrected chi connectivity index (χ2v) is 6.29. The monoisotopic (exact) mass is 366 g/mol. The molecule has 0 N–H and O–H groups in total. The van der Waals surface area contributed by atoms with E-state index in [0.29, 0.717) is 12.3 Å². The van der Waals surface area contributed by atoms with Gasteiger partial charge in [0.05, 0.1) is 7.11 Å². The molecule has 0 fully saturated rings. The number of hydrogen-bond donors (Lipinski definition) is 0. The van der Waals surface area contributed by atoms with Crippen molar-refractivity contribution in [3.8, 4) is 17.2 Å². The molecule has 3 aromatic rings. The van der Waals surface area contributed by atoms with E-state index < -0.39 is 6.10 Å². The predicted octanol–water partition coefficient (Wildman–Crippen LogP) is 4.29. The van der Waals surface area contributed by atoms with Crippen LogP contribution in [0.25, 0.3) is 11.5 Å². The van der Waals surface area contributed by atoms with Gasteiger partial charge in [0, 0.05) is 12.0 Å². The summed E-state index contributed by atoms with van der Waals surface area (Å²) in [6.07, 6.45) is 0.268. The molecule has 1 heterocycles. The molecule has 1 atom stereocenters. The van der Waals surface area contributed by atoms with Gasteiger partial charge in [0.2, 0.25) is 5.89 Å². The van der Waals surface area contributed by atoms with E-state index in [-0.39, 0.29) is 18.3 Å². The molecule has 27 heavy (non-hydrogen) atoms. The molecule has 6 heteroatoms. The average Bonchev–Trinajstić information content (AvgIpc) is 3.18. The van der Waals surface area contributed by atoms with Gasteiger partial charge in [-0.15, -0.1) is 10.2 Å². The second kappa shape index (κ2) is 8.49. The summed E-state index contributed by atoms with van der Waals surface area (Å²) in [5.74, 6) is 1.17. The maximum absolute atomic E-state index is 12.1.